The Morgan fingerprint density at radius 2 is 2.39 bits per heavy atom. The molecule has 1 N–H and O–H groups in total. The number of hydrogen-bond donors (Lipinski definition) is 1. The lowest BCUT2D eigenvalue weighted by atomic mass is 10.2. The Labute approximate surface area is 110 Å². The SMILES string of the molecule is O=C(Nc1ncc([N+](=O)[O-])s1)c1[c]ccc(Cl)c1. The predicted octanol–water partition coefficient (Wildman–Crippen LogP) is 2.76. The first-order valence-electron chi connectivity index (χ1n) is 4.65. The number of carbonyl (C=O) groups excluding carboxylic acids is 1. The highest BCUT2D eigenvalue weighted by atomic mass is 35.5. The van der Waals surface area contributed by atoms with Crippen LogP contribution in [0.25, 0.3) is 0 Å². The zero-order chi connectivity index (χ0) is 13.1. The Morgan fingerprint density at radius 3 is 3.00 bits per heavy atom. The monoisotopic (exact) mass is 282 g/mol. The van der Waals surface area contributed by atoms with Crippen molar-refractivity contribution in [3.8, 4) is 0 Å². The number of amides is 1. The predicted molar refractivity (Wildman–Crippen MR) is 67.0 cm³/mol. The zero-order valence-corrected chi connectivity index (χ0v) is 10.3. The maximum atomic E-state index is 11.7. The van der Waals surface area contributed by atoms with Crippen molar-refractivity contribution in [2.45, 2.75) is 0 Å². The van der Waals surface area contributed by atoms with Gasteiger partial charge in [0.05, 0.1) is 4.92 Å². The molecule has 0 fully saturated rings. The van der Waals surface area contributed by atoms with Gasteiger partial charge >= 0.3 is 5.00 Å². The second-order valence-electron chi connectivity index (χ2n) is 3.14. The van der Waals surface area contributed by atoms with Crippen LogP contribution in [0.4, 0.5) is 10.1 Å². The molecule has 1 aromatic heterocycles. The van der Waals surface area contributed by atoms with E-state index in [0.717, 1.165) is 17.5 Å². The molecule has 0 aliphatic carbocycles. The third-order valence-corrected chi connectivity index (χ3v) is 3.00. The van der Waals surface area contributed by atoms with Gasteiger partial charge in [-0.2, -0.15) is 0 Å². The molecule has 1 radical (unpaired) electrons. The van der Waals surface area contributed by atoms with Crippen LogP contribution >= 0.6 is 22.9 Å². The summed E-state index contributed by atoms with van der Waals surface area (Å²) in [4.78, 5) is 25.3. The van der Waals surface area contributed by atoms with Crippen molar-refractivity contribution in [2.75, 3.05) is 5.32 Å². The van der Waals surface area contributed by atoms with Crippen molar-refractivity contribution >= 4 is 39.0 Å². The number of rotatable bonds is 3. The number of carbonyl (C=O) groups is 1. The van der Waals surface area contributed by atoms with Crippen molar-refractivity contribution in [1.82, 2.24) is 4.98 Å². The van der Waals surface area contributed by atoms with Gasteiger partial charge < -0.3 is 0 Å². The van der Waals surface area contributed by atoms with Gasteiger partial charge in [0.15, 0.2) is 5.13 Å². The molecule has 0 saturated heterocycles. The van der Waals surface area contributed by atoms with E-state index < -0.39 is 10.8 Å². The molecule has 1 amide bonds. The van der Waals surface area contributed by atoms with E-state index >= 15 is 0 Å². The van der Waals surface area contributed by atoms with E-state index in [4.69, 9.17) is 11.6 Å². The summed E-state index contributed by atoms with van der Waals surface area (Å²) in [5, 5.41) is 13.3. The molecule has 0 aliphatic heterocycles. The van der Waals surface area contributed by atoms with E-state index in [0.29, 0.717) is 5.02 Å². The fourth-order valence-electron chi connectivity index (χ4n) is 1.14. The summed E-state index contributed by atoms with van der Waals surface area (Å²) in [6.07, 6.45) is 1.09. The Morgan fingerprint density at radius 1 is 1.61 bits per heavy atom. The second-order valence-corrected chi connectivity index (χ2v) is 4.58. The van der Waals surface area contributed by atoms with Crippen LogP contribution in [0.5, 0.6) is 0 Å². The maximum Gasteiger partial charge on any atom is 0.345 e. The first kappa shape index (κ1) is 12.5. The molecule has 2 rings (SSSR count). The molecule has 0 spiro atoms. The minimum Gasteiger partial charge on any atom is -0.298 e. The van der Waals surface area contributed by atoms with Crippen molar-refractivity contribution in [3.63, 3.8) is 0 Å². The molecule has 91 valence electrons. The van der Waals surface area contributed by atoms with Crippen molar-refractivity contribution < 1.29 is 9.72 Å². The minimum atomic E-state index is -0.571. The molecule has 0 bridgehead atoms. The number of anilines is 1. The van der Waals surface area contributed by atoms with Gasteiger partial charge in [-0.3, -0.25) is 20.2 Å². The fraction of sp³-hybridized carbons (Fsp3) is 0. The highest BCUT2D eigenvalue weighted by Gasteiger charge is 2.14. The summed E-state index contributed by atoms with van der Waals surface area (Å²) in [5.41, 5.74) is 0.236. The third kappa shape index (κ3) is 2.82. The molecule has 0 saturated carbocycles. The van der Waals surface area contributed by atoms with Gasteiger partial charge in [-0.05, 0) is 29.5 Å². The highest BCUT2D eigenvalue weighted by molar-refractivity contribution is 7.18. The van der Waals surface area contributed by atoms with E-state index in [-0.39, 0.29) is 15.7 Å². The van der Waals surface area contributed by atoms with Gasteiger partial charge in [-0.1, -0.05) is 17.7 Å². The highest BCUT2D eigenvalue weighted by Crippen LogP contribution is 2.25. The third-order valence-electron chi connectivity index (χ3n) is 1.90. The average Bonchev–Trinajstić information content (AvgIpc) is 2.77. The van der Waals surface area contributed by atoms with Crippen LogP contribution in [-0.4, -0.2) is 15.8 Å². The quantitative estimate of drug-likeness (QED) is 0.693. The molecule has 0 aliphatic rings. The lowest BCUT2D eigenvalue weighted by molar-refractivity contribution is -0.380. The van der Waals surface area contributed by atoms with E-state index in [1.165, 1.54) is 12.1 Å². The molecule has 1 heterocycles. The Kier molecular flexibility index (Phi) is 3.54. The van der Waals surface area contributed by atoms with Crippen LogP contribution in [0.1, 0.15) is 10.4 Å². The molecular formula is C10H5ClN3O3S. The van der Waals surface area contributed by atoms with E-state index in [1.807, 2.05) is 0 Å². The van der Waals surface area contributed by atoms with Gasteiger partial charge in [-0.15, -0.1) is 0 Å². The number of nitrogens with zero attached hydrogens (tertiary/aromatic N) is 2. The largest absolute Gasteiger partial charge is 0.345 e. The van der Waals surface area contributed by atoms with Crippen LogP contribution in [0.15, 0.2) is 24.4 Å². The van der Waals surface area contributed by atoms with Crippen LogP contribution in [0.2, 0.25) is 5.02 Å². The Bertz CT molecular complexity index is 614. The summed E-state index contributed by atoms with van der Waals surface area (Å²) in [6.45, 7) is 0. The topological polar surface area (TPSA) is 85.1 Å². The number of hydrogen-bond acceptors (Lipinski definition) is 5. The number of benzene rings is 1. The Hall–Kier alpha value is -1.99. The van der Waals surface area contributed by atoms with Crippen LogP contribution in [0, 0.1) is 16.2 Å². The van der Waals surface area contributed by atoms with Gasteiger partial charge in [0.1, 0.15) is 6.20 Å². The number of nitrogens with one attached hydrogen (secondary N) is 1. The van der Waals surface area contributed by atoms with Crippen LogP contribution in [0.3, 0.4) is 0 Å². The molecule has 6 nitrogen and oxygen atoms in total. The molecule has 2 aromatic rings. The van der Waals surface area contributed by atoms with Gasteiger partial charge in [0.2, 0.25) is 0 Å². The van der Waals surface area contributed by atoms with Gasteiger partial charge in [0.25, 0.3) is 5.91 Å². The lowest BCUT2D eigenvalue weighted by Gasteiger charge is -2.00. The summed E-state index contributed by atoms with van der Waals surface area (Å²) < 4.78 is 0. The summed E-state index contributed by atoms with van der Waals surface area (Å²) >= 11 is 6.51. The Balaban J connectivity index is 2.13. The lowest BCUT2D eigenvalue weighted by Crippen LogP contribution is -2.11. The second kappa shape index (κ2) is 5.11. The molecule has 0 atom stereocenters. The fourth-order valence-corrected chi connectivity index (χ4v) is 1.94. The number of nitro groups is 1. The number of aromatic nitrogens is 1. The minimum absolute atomic E-state index is 0.139. The first-order chi connectivity index (χ1) is 8.56. The van der Waals surface area contributed by atoms with Gasteiger partial charge in [0, 0.05) is 10.6 Å². The molecule has 18 heavy (non-hydrogen) atoms. The zero-order valence-electron chi connectivity index (χ0n) is 8.71. The summed E-state index contributed by atoms with van der Waals surface area (Å²) in [7, 11) is 0. The maximum absolute atomic E-state index is 11.7. The molecule has 8 heteroatoms. The van der Waals surface area contributed by atoms with Crippen molar-refractivity contribution in [3.05, 3.63) is 51.2 Å². The molecule has 1 aromatic carbocycles. The first-order valence-corrected chi connectivity index (χ1v) is 5.84. The van der Waals surface area contributed by atoms with Crippen molar-refractivity contribution in [1.29, 1.82) is 0 Å². The standard InChI is InChI=1S/C10H5ClN3O3S/c11-7-3-1-2-6(4-7)9(15)13-10-12-5-8(18-10)14(16)17/h1,3-5H,(H,12,13,15). The van der Waals surface area contributed by atoms with E-state index in [1.54, 1.807) is 6.07 Å². The van der Waals surface area contributed by atoms with E-state index in [2.05, 4.69) is 16.4 Å². The van der Waals surface area contributed by atoms with Crippen molar-refractivity contribution in [2.24, 2.45) is 0 Å². The summed E-state index contributed by atoms with van der Waals surface area (Å²) in [6, 6.07) is 7.25. The normalized spacial score (nSPS) is 10.1. The smallest absolute Gasteiger partial charge is 0.298 e. The van der Waals surface area contributed by atoms with Crippen LogP contribution in [-0.2, 0) is 0 Å². The van der Waals surface area contributed by atoms with Gasteiger partial charge in [-0.25, -0.2) is 4.98 Å². The molecular weight excluding hydrogens is 278 g/mol. The molecule has 0 unspecified atom stereocenters. The van der Waals surface area contributed by atoms with E-state index in [9.17, 15) is 14.9 Å². The average molecular weight is 283 g/mol. The number of thiazole rings is 1. The number of halogens is 1. The summed E-state index contributed by atoms with van der Waals surface area (Å²) in [5.74, 6) is -0.471. The van der Waals surface area contributed by atoms with Crippen LogP contribution < -0.4 is 5.32 Å².